The monoisotopic (exact) mass is 449 g/mol. The van der Waals surface area contributed by atoms with Crippen LogP contribution >= 0.6 is 0 Å². The van der Waals surface area contributed by atoms with Gasteiger partial charge in [-0.2, -0.15) is 0 Å². The molecular weight excluding hydrogens is 410 g/mol. The van der Waals surface area contributed by atoms with E-state index in [-0.39, 0.29) is 23.8 Å². The van der Waals surface area contributed by atoms with E-state index in [0.717, 1.165) is 41.8 Å². The third-order valence-corrected chi connectivity index (χ3v) is 6.71. The molecule has 33 heavy (non-hydrogen) atoms. The van der Waals surface area contributed by atoms with Crippen LogP contribution in [0.2, 0.25) is 0 Å². The van der Waals surface area contributed by atoms with Crippen LogP contribution in [0, 0.1) is 0 Å². The number of hydrogen-bond acceptors (Lipinski definition) is 3. The highest BCUT2D eigenvalue weighted by atomic mass is 16.2. The summed E-state index contributed by atoms with van der Waals surface area (Å²) in [7, 11) is 4.05. The van der Waals surface area contributed by atoms with Gasteiger partial charge in [0.05, 0.1) is 5.92 Å². The van der Waals surface area contributed by atoms with Gasteiger partial charge in [0.25, 0.3) is 0 Å². The second-order valence-electron chi connectivity index (χ2n) is 9.27. The van der Waals surface area contributed by atoms with Gasteiger partial charge in [-0.3, -0.25) is 9.59 Å². The summed E-state index contributed by atoms with van der Waals surface area (Å²) < 4.78 is 0. The molecule has 0 spiro atoms. The molecule has 0 aromatic heterocycles. The van der Waals surface area contributed by atoms with Gasteiger partial charge in [-0.15, -0.1) is 0 Å². The molecule has 1 fully saturated rings. The molecule has 1 saturated carbocycles. The minimum absolute atomic E-state index is 0.00566. The highest BCUT2D eigenvalue weighted by molar-refractivity contribution is 5.91. The van der Waals surface area contributed by atoms with Crippen LogP contribution in [-0.2, 0) is 16.1 Å². The second-order valence-corrected chi connectivity index (χ2v) is 9.27. The summed E-state index contributed by atoms with van der Waals surface area (Å²) in [6.07, 6.45) is 6.91. The number of hydrogen-bond donors (Lipinski definition) is 1. The molecule has 2 amide bonds. The third-order valence-electron chi connectivity index (χ3n) is 6.71. The predicted octanol–water partition coefficient (Wildman–Crippen LogP) is 5.96. The van der Waals surface area contributed by atoms with Crippen LogP contribution in [0.4, 0.5) is 11.4 Å². The normalized spacial score (nSPS) is 15.0. The molecule has 1 aliphatic carbocycles. The quantitative estimate of drug-likeness (QED) is 0.514. The lowest BCUT2D eigenvalue weighted by atomic mass is 9.90. The average Bonchev–Trinajstić information content (AvgIpc) is 2.84. The van der Waals surface area contributed by atoms with Gasteiger partial charge >= 0.3 is 0 Å². The Kier molecular flexibility index (Phi) is 8.93. The summed E-state index contributed by atoms with van der Waals surface area (Å²) in [5, 5.41) is 2.98. The van der Waals surface area contributed by atoms with Gasteiger partial charge in [0.1, 0.15) is 0 Å². The lowest BCUT2D eigenvalue weighted by Gasteiger charge is -2.37. The Labute approximate surface area is 199 Å². The Balaban J connectivity index is 1.97. The first-order chi connectivity index (χ1) is 15.9. The lowest BCUT2D eigenvalue weighted by molar-refractivity contribution is -0.136. The van der Waals surface area contributed by atoms with Gasteiger partial charge in [-0.25, -0.2) is 0 Å². The zero-order chi connectivity index (χ0) is 23.8. The van der Waals surface area contributed by atoms with Crippen LogP contribution < -0.4 is 10.2 Å². The molecule has 0 radical (unpaired) electrons. The van der Waals surface area contributed by atoms with Gasteiger partial charge in [0, 0.05) is 44.5 Å². The van der Waals surface area contributed by atoms with E-state index in [2.05, 4.69) is 34.2 Å². The van der Waals surface area contributed by atoms with Crippen molar-refractivity contribution in [2.24, 2.45) is 0 Å². The zero-order valence-electron chi connectivity index (χ0n) is 20.6. The van der Waals surface area contributed by atoms with E-state index in [1.54, 1.807) is 0 Å². The number of nitrogens with zero attached hydrogens (tertiary/aromatic N) is 2. The van der Waals surface area contributed by atoms with Crippen LogP contribution in [0.1, 0.15) is 75.8 Å². The second kappa shape index (κ2) is 11.9. The third kappa shape index (κ3) is 6.37. The number of rotatable bonds is 9. The van der Waals surface area contributed by atoms with Crippen molar-refractivity contribution < 1.29 is 9.59 Å². The first kappa shape index (κ1) is 24.8. The van der Waals surface area contributed by atoms with E-state index in [4.69, 9.17) is 0 Å². The Morgan fingerprint density at radius 3 is 2.30 bits per heavy atom. The van der Waals surface area contributed by atoms with Gasteiger partial charge in [-0.05, 0) is 48.6 Å². The van der Waals surface area contributed by atoms with Crippen molar-refractivity contribution in [1.29, 1.82) is 0 Å². The molecule has 1 aliphatic rings. The summed E-state index contributed by atoms with van der Waals surface area (Å²) in [6.45, 7) is 4.50. The molecule has 0 heterocycles. The van der Waals surface area contributed by atoms with E-state index in [1.165, 1.54) is 19.3 Å². The van der Waals surface area contributed by atoms with Crippen molar-refractivity contribution in [1.82, 2.24) is 4.90 Å². The van der Waals surface area contributed by atoms with E-state index < -0.39 is 0 Å². The summed E-state index contributed by atoms with van der Waals surface area (Å²) >= 11 is 0. The molecule has 5 heteroatoms. The Bertz CT molecular complexity index is 920. The maximum absolute atomic E-state index is 14.0. The zero-order valence-corrected chi connectivity index (χ0v) is 20.6. The molecule has 1 unspecified atom stereocenters. The van der Waals surface area contributed by atoms with Crippen LogP contribution in [0.25, 0.3) is 0 Å². The van der Waals surface area contributed by atoms with E-state index in [0.29, 0.717) is 13.0 Å². The summed E-state index contributed by atoms with van der Waals surface area (Å²) in [5.74, 6) is 0.0658. The minimum atomic E-state index is -0.140. The summed E-state index contributed by atoms with van der Waals surface area (Å²) in [6, 6.07) is 16.4. The maximum atomic E-state index is 14.0. The Morgan fingerprint density at radius 2 is 1.70 bits per heavy atom. The maximum Gasteiger partial charge on any atom is 0.230 e. The van der Waals surface area contributed by atoms with Crippen molar-refractivity contribution in [3.63, 3.8) is 0 Å². The van der Waals surface area contributed by atoms with Gasteiger partial charge < -0.3 is 15.1 Å². The van der Waals surface area contributed by atoms with Crippen molar-refractivity contribution in [3.8, 4) is 0 Å². The number of nitrogens with one attached hydrogen (secondary N) is 1. The van der Waals surface area contributed by atoms with Crippen molar-refractivity contribution >= 4 is 23.2 Å². The van der Waals surface area contributed by atoms with Crippen molar-refractivity contribution in [2.75, 3.05) is 24.3 Å². The molecule has 0 bridgehead atoms. The predicted molar refractivity (Wildman–Crippen MR) is 137 cm³/mol. The molecule has 2 aromatic carbocycles. The van der Waals surface area contributed by atoms with E-state index >= 15 is 0 Å². The molecule has 5 nitrogen and oxygen atoms in total. The molecule has 2 aromatic rings. The van der Waals surface area contributed by atoms with Gasteiger partial charge in [0.15, 0.2) is 0 Å². The average molecular weight is 450 g/mol. The minimum Gasteiger partial charge on any atom is -0.377 e. The molecule has 0 saturated heterocycles. The fourth-order valence-electron chi connectivity index (χ4n) is 4.88. The number of carbonyl (C=O) groups is 2. The molecule has 1 N–H and O–H groups in total. The number of carbonyl (C=O) groups excluding carboxylic acids is 2. The standard InChI is InChI=1S/C28H39N3O2/c1-5-25(21-13-9-7-10-14-21)28(33)31(24-15-11-8-12-16-24)20-22-19-23(29-27(32)6-2)17-18-26(22)30(3)4/h7,9-10,13-14,17-19,24-25H,5-6,8,11-12,15-16,20H2,1-4H3,(H,29,32). The van der Waals surface area contributed by atoms with Crippen LogP contribution in [0.3, 0.4) is 0 Å². The molecular formula is C28H39N3O2. The largest absolute Gasteiger partial charge is 0.377 e. The highest BCUT2D eigenvalue weighted by Gasteiger charge is 2.31. The van der Waals surface area contributed by atoms with E-state index in [1.807, 2.05) is 57.4 Å². The highest BCUT2D eigenvalue weighted by Crippen LogP contribution is 2.32. The first-order valence-electron chi connectivity index (χ1n) is 12.4. The van der Waals surface area contributed by atoms with Crippen molar-refractivity contribution in [2.45, 2.75) is 77.3 Å². The van der Waals surface area contributed by atoms with Gasteiger partial charge in [-0.1, -0.05) is 63.4 Å². The molecule has 178 valence electrons. The number of anilines is 2. The van der Waals surface area contributed by atoms with Crippen LogP contribution in [0.15, 0.2) is 48.5 Å². The first-order valence-corrected chi connectivity index (χ1v) is 12.4. The fourth-order valence-corrected chi connectivity index (χ4v) is 4.88. The lowest BCUT2D eigenvalue weighted by Crippen LogP contribution is -2.43. The summed E-state index contributed by atoms with van der Waals surface area (Å²) in [5.41, 5.74) is 4.01. The Morgan fingerprint density at radius 1 is 1.00 bits per heavy atom. The van der Waals surface area contributed by atoms with Crippen LogP contribution in [-0.4, -0.2) is 36.9 Å². The molecule has 1 atom stereocenters. The number of amides is 2. The summed E-state index contributed by atoms with van der Waals surface area (Å²) in [4.78, 5) is 30.2. The SMILES string of the molecule is CCC(=O)Nc1ccc(N(C)C)c(CN(C(=O)C(CC)c2ccccc2)C2CCCCC2)c1. The Hall–Kier alpha value is -2.82. The molecule has 3 rings (SSSR count). The fraction of sp³-hybridized carbons (Fsp3) is 0.500. The van der Waals surface area contributed by atoms with Crippen molar-refractivity contribution in [3.05, 3.63) is 59.7 Å². The topological polar surface area (TPSA) is 52.7 Å². The van der Waals surface area contributed by atoms with E-state index in [9.17, 15) is 9.59 Å². The van der Waals surface area contributed by atoms with Crippen LogP contribution in [0.5, 0.6) is 0 Å². The molecule has 0 aliphatic heterocycles. The smallest absolute Gasteiger partial charge is 0.230 e. The number of benzene rings is 2. The van der Waals surface area contributed by atoms with Gasteiger partial charge in [0.2, 0.25) is 11.8 Å².